The molecule has 1 atom stereocenters. The molecule has 2 amide bonds. The van der Waals surface area contributed by atoms with Gasteiger partial charge in [0.1, 0.15) is 18.4 Å². The molecule has 2 aliphatic rings. The molecule has 1 aromatic carbocycles. The Labute approximate surface area is 221 Å². The molecule has 0 saturated heterocycles. The molecule has 7 nitrogen and oxygen atoms in total. The van der Waals surface area contributed by atoms with Crippen LogP contribution in [0.1, 0.15) is 69.4 Å². The van der Waals surface area contributed by atoms with Crippen LogP contribution in [0.2, 0.25) is 0 Å². The number of hydrogen-bond donors (Lipinski definition) is 3. The zero-order valence-electron chi connectivity index (χ0n) is 22.0. The number of nitrogens with two attached hydrogens (primary N) is 1. The van der Waals surface area contributed by atoms with Gasteiger partial charge in [-0.3, -0.25) is 14.6 Å². The summed E-state index contributed by atoms with van der Waals surface area (Å²) in [7, 11) is 0. The summed E-state index contributed by atoms with van der Waals surface area (Å²) in [5.41, 5.74) is 7.86. The van der Waals surface area contributed by atoms with Crippen LogP contribution in [0.4, 0.5) is 0 Å². The number of aromatic nitrogens is 1. The summed E-state index contributed by atoms with van der Waals surface area (Å²) in [5.74, 6) is 1.85. The maximum absolute atomic E-state index is 13.4. The van der Waals surface area contributed by atoms with E-state index < -0.39 is 6.04 Å². The molecule has 1 heterocycles. The van der Waals surface area contributed by atoms with E-state index in [2.05, 4.69) is 22.5 Å². The summed E-state index contributed by atoms with van der Waals surface area (Å²) in [6, 6.07) is 11.2. The molecular formula is C30H42N4O3. The molecular weight excluding hydrogens is 464 g/mol. The number of carbonyl (C=O) groups excluding carboxylic acids is 2. The molecule has 0 spiro atoms. The van der Waals surface area contributed by atoms with Crippen LogP contribution in [0.3, 0.4) is 0 Å². The van der Waals surface area contributed by atoms with Crippen molar-refractivity contribution in [1.29, 1.82) is 0 Å². The number of hydrogen-bond acceptors (Lipinski definition) is 5. The van der Waals surface area contributed by atoms with E-state index in [0.717, 1.165) is 68.2 Å². The van der Waals surface area contributed by atoms with E-state index in [0.29, 0.717) is 31.4 Å². The van der Waals surface area contributed by atoms with E-state index in [9.17, 15) is 9.59 Å². The monoisotopic (exact) mass is 506 g/mol. The van der Waals surface area contributed by atoms with E-state index in [1.54, 1.807) is 12.4 Å². The first-order valence-corrected chi connectivity index (χ1v) is 13.9. The fourth-order valence-electron chi connectivity index (χ4n) is 5.47. The maximum Gasteiger partial charge on any atom is 0.243 e. The van der Waals surface area contributed by atoms with E-state index in [1.807, 2.05) is 36.4 Å². The number of benzene rings is 1. The van der Waals surface area contributed by atoms with Crippen LogP contribution < -0.4 is 21.1 Å². The van der Waals surface area contributed by atoms with Gasteiger partial charge in [0.15, 0.2) is 0 Å². The largest absolute Gasteiger partial charge is 0.489 e. The molecule has 4 rings (SSSR count). The molecule has 0 bridgehead atoms. The van der Waals surface area contributed by atoms with Crippen molar-refractivity contribution >= 4 is 11.8 Å². The second-order valence-electron chi connectivity index (χ2n) is 11.0. The van der Waals surface area contributed by atoms with Crippen LogP contribution >= 0.6 is 0 Å². The minimum Gasteiger partial charge on any atom is -0.489 e. The van der Waals surface area contributed by atoms with Gasteiger partial charge in [-0.1, -0.05) is 19.1 Å². The molecule has 0 radical (unpaired) electrons. The van der Waals surface area contributed by atoms with Crippen molar-refractivity contribution in [3.63, 3.8) is 0 Å². The van der Waals surface area contributed by atoms with Crippen LogP contribution in [-0.2, 0) is 22.6 Å². The molecule has 4 N–H and O–H groups in total. The highest BCUT2D eigenvalue weighted by Crippen LogP contribution is 2.28. The Morgan fingerprint density at radius 2 is 1.62 bits per heavy atom. The Kier molecular flexibility index (Phi) is 9.94. The van der Waals surface area contributed by atoms with Gasteiger partial charge >= 0.3 is 0 Å². The first kappa shape index (κ1) is 27.1. The predicted octanol–water partition coefficient (Wildman–Crippen LogP) is 4.15. The first-order chi connectivity index (χ1) is 18.0. The topological polar surface area (TPSA) is 106 Å². The highest BCUT2D eigenvalue weighted by Gasteiger charge is 2.30. The molecule has 0 unspecified atom stereocenters. The SMILES string of the molecule is CC1CCC(NC(=O)[C@H](Cc2ccc(OCc3ccncc3)cc2)NC(=O)C2CCC(CN)CC2)CC1. The lowest BCUT2D eigenvalue weighted by Crippen LogP contribution is -2.52. The fourth-order valence-corrected chi connectivity index (χ4v) is 5.47. The molecule has 37 heavy (non-hydrogen) atoms. The summed E-state index contributed by atoms with van der Waals surface area (Å²) >= 11 is 0. The standard InChI is InChI=1S/C30H42N4O3/c1-21-2-10-26(11-3-21)33-30(36)28(34-29(35)25-8-4-23(19-31)5-9-25)18-22-6-12-27(13-7-22)37-20-24-14-16-32-17-15-24/h6-7,12-17,21,23,25-26,28H,2-5,8-11,18-20,31H2,1H3,(H,33,36)(H,34,35)/t21?,23?,25?,26?,28-/m0/s1. The number of nitrogens with one attached hydrogen (secondary N) is 2. The van der Waals surface area contributed by atoms with Gasteiger partial charge in [-0.25, -0.2) is 0 Å². The van der Waals surface area contributed by atoms with Crippen LogP contribution in [0.5, 0.6) is 5.75 Å². The van der Waals surface area contributed by atoms with Gasteiger partial charge in [0.2, 0.25) is 11.8 Å². The second-order valence-corrected chi connectivity index (χ2v) is 11.0. The van der Waals surface area contributed by atoms with Crippen molar-refractivity contribution in [3.05, 3.63) is 59.9 Å². The molecule has 1 aromatic heterocycles. The molecule has 2 aromatic rings. The summed E-state index contributed by atoms with van der Waals surface area (Å²) < 4.78 is 5.88. The highest BCUT2D eigenvalue weighted by molar-refractivity contribution is 5.89. The van der Waals surface area contributed by atoms with Crippen LogP contribution in [0.25, 0.3) is 0 Å². The quantitative estimate of drug-likeness (QED) is 0.449. The second kappa shape index (κ2) is 13.6. The minimum absolute atomic E-state index is 0.00908. The Hall–Kier alpha value is -2.93. The van der Waals surface area contributed by atoms with E-state index in [4.69, 9.17) is 10.5 Å². The van der Waals surface area contributed by atoms with Crippen molar-refractivity contribution in [3.8, 4) is 5.75 Å². The van der Waals surface area contributed by atoms with Crippen molar-refractivity contribution in [1.82, 2.24) is 15.6 Å². The number of amides is 2. The van der Waals surface area contributed by atoms with E-state index in [1.165, 1.54) is 0 Å². The summed E-state index contributed by atoms with van der Waals surface area (Å²) in [6.45, 7) is 3.42. The van der Waals surface area contributed by atoms with Gasteiger partial charge in [0, 0.05) is 30.8 Å². The number of rotatable bonds is 10. The van der Waals surface area contributed by atoms with Gasteiger partial charge in [0.05, 0.1) is 0 Å². The third-order valence-corrected chi connectivity index (χ3v) is 8.06. The minimum atomic E-state index is -0.595. The van der Waals surface area contributed by atoms with Gasteiger partial charge < -0.3 is 21.1 Å². The smallest absolute Gasteiger partial charge is 0.243 e. The third kappa shape index (κ3) is 8.29. The Morgan fingerprint density at radius 1 is 0.946 bits per heavy atom. The Bertz CT molecular complexity index is 982. The number of carbonyl (C=O) groups is 2. The van der Waals surface area contributed by atoms with Gasteiger partial charge in [-0.05, 0) is 105 Å². The predicted molar refractivity (Wildman–Crippen MR) is 145 cm³/mol. The molecule has 2 saturated carbocycles. The van der Waals surface area contributed by atoms with Gasteiger partial charge in [-0.2, -0.15) is 0 Å². The van der Waals surface area contributed by atoms with Crippen molar-refractivity contribution in [2.24, 2.45) is 23.5 Å². The Morgan fingerprint density at radius 3 is 2.27 bits per heavy atom. The lowest BCUT2D eigenvalue weighted by Gasteiger charge is -2.30. The summed E-state index contributed by atoms with van der Waals surface area (Å²) in [5, 5.41) is 6.34. The zero-order valence-corrected chi connectivity index (χ0v) is 22.0. The van der Waals surface area contributed by atoms with Crippen molar-refractivity contribution < 1.29 is 14.3 Å². The summed E-state index contributed by atoms with van der Waals surface area (Å²) in [4.78, 5) is 30.6. The van der Waals surface area contributed by atoms with Crippen molar-refractivity contribution in [2.45, 2.75) is 83.4 Å². The maximum atomic E-state index is 13.4. The average Bonchev–Trinajstić information content (AvgIpc) is 2.94. The molecule has 2 aliphatic carbocycles. The van der Waals surface area contributed by atoms with Crippen molar-refractivity contribution in [2.75, 3.05) is 6.54 Å². The lowest BCUT2D eigenvalue weighted by atomic mass is 9.81. The average molecular weight is 507 g/mol. The van der Waals surface area contributed by atoms with Gasteiger partial charge in [0.25, 0.3) is 0 Å². The molecule has 200 valence electrons. The van der Waals surface area contributed by atoms with E-state index >= 15 is 0 Å². The number of pyridine rings is 1. The lowest BCUT2D eigenvalue weighted by molar-refractivity contribution is -0.132. The summed E-state index contributed by atoms with van der Waals surface area (Å²) in [6.07, 6.45) is 11.8. The number of nitrogens with zero attached hydrogens (tertiary/aromatic N) is 1. The molecule has 2 fully saturated rings. The zero-order chi connectivity index (χ0) is 26.0. The molecule has 0 aliphatic heterocycles. The van der Waals surface area contributed by atoms with E-state index in [-0.39, 0.29) is 23.8 Å². The highest BCUT2D eigenvalue weighted by atomic mass is 16.5. The van der Waals surface area contributed by atoms with Crippen LogP contribution in [0.15, 0.2) is 48.8 Å². The fraction of sp³-hybridized carbons (Fsp3) is 0.567. The first-order valence-electron chi connectivity index (χ1n) is 13.9. The van der Waals surface area contributed by atoms with Crippen LogP contribution in [-0.4, -0.2) is 35.4 Å². The Balaban J connectivity index is 1.37. The number of ether oxygens (including phenoxy) is 1. The van der Waals surface area contributed by atoms with Crippen LogP contribution in [0, 0.1) is 17.8 Å². The van der Waals surface area contributed by atoms with Gasteiger partial charge in [-0.15, -0.1) is 0 Å². The molecule has 7 heteroatoms. The normalized spacial score (nSPS) is 24.6. The third-order valence-electron chi connectivity index (χ3n) is 8.06.